The van der Waals surface area contributed by atoms with Crippen molar-refractivity contribution in [3.05, 3.63) is 83.9 Å². The lowest BCUT2D eigenvalue weighted by Gasteiger charge is -2.13. The number of aromatic nitrogens is 2. The zero-order valence-electron chi connectivity index (χ0n) is 15.5. The highest BCUT2D eigenvalue weighted by atomic mass is 19.4. The molecule has 0 bridgehead atoms. The zero-order valence-corrected chi connectivity index (χ0v) is 15.5. The highest BCUT2D eigenvalue weighted by Gasteiger charge is 2.30. The number of halogens is 3. The minimum Gasteiger partial charge on any atom is -0.497 e. The van der Waals surface area contributed by atoms with Crippen LogP contribution in [0.15, 0.2) is 72.8 Å². The first-order valence-electron chi connectivity index (χ1n) is 8.87. The molecule has 29 heavy (non-hydrogen) atoms. The highest BCUT2D eigenvalue weighted by molar-refractivity contribution is 5.80. The number of para-hydroxylation sites is 2. The van der Waals surface area contributed by atoms with Crippen LogP contribution in [0.1, 0.15) is 11.1 Å². The first-order valence-corrected chi connectivity index (χ1v) is 8.87. The van der Waals surface area contributed by atoms with Crippen molar-refractivity contribution < 1.29 is 22.7 Å². The van der Waals surface area contributed by atoms with Crippen molar-refractivity contribution in [2.24, 2.45) is 0 Å². The molecule has 0 N–H and O–H groups in total. The summed E-state index contributed by atoms with van der Waals surface area (Å²) in [5.41, 5.74) is 1.96. The van der Waals surface area contributed by atoms with Gasteiger partial charge < -0.3 is 9.57 Å². The number of nitrogens with zero attached hydrogens (tertiary/aromatic N) is 2. The maximum absolute atomic E-state index is 13.0. The molecule has 0 aliphatic carbocycles. The molecular formula is C22H17F3N2O2. The van der Waals surface area contributed by atoms with Crippen molar-refractivity contribution >= 4 is 11.0 Å². The van der Waals surface area contributed by atoms with Gasteiger partial charge in [-0.3, -0.25) is 0 Å². The van der Waals surface area contributed by atoms with Crippen molar-refractivity contribution in [2.75, 3.05) is 7.11 Å². The van der Waals surface area contributed by atoms with Crippen LogP contribution in [-0.4, -0.2) is 16.8 Å². The van der Waals surface area contributed by atoms with Crippen molar-refractivity contribution in [3.63, 3.8) is 0 Å². The summed E-state index contributed by atoms with van der Waals surface area (Å²) >= 11 is 0. The molecule has 0 fully saturated rings. The van der Waals surface area contributed by atoms with Crippen LogP contribution in [0.25, 0.3) is 22.4 Å². The molecule has 3 aromatic carbocycles. The van der Waals surface area contributed by atoms with E-state index in [0.717, 1.165) is 28.7 Å². The molecule has 0 saturated heterocycles. The lowest BCUT2D eigenvalue weighted by atomic mass is 10.1. The first-order chi connectivity index (χ1) is 14.0. The molecule has 1 aromatic heterocycles. The van der Waals surface area contributed by atoms with E-state index < -0.39 is 11.7 Å². The molecule has 0 aliphatic rings. The summed E-state index contributed by atoms with van der Waals surface area (Å²) in [4.78, 5) is 10.5. The van der Waals surface area contributed by atoms with Gasteiger partial charge in [-0.25, -0.2) is 4.98 Å². The number of methoxy groups -OCH3 is 1. The molecule has 4 aromatic rings. The standard InChI is InChI=1S/C22H17F3N2O2/c1-28-18-11-9-16(10-12-18)21-26-19-7-2-3-8-20(19)27(21)29-14-15-5-4-6-17(13-15)22(23,24)25/h2-13H,14H2,1H3. The molecule has 148 valence electrons. The number of hydrogen-bond donors (Lipinski definition) is 0. The average Bonchev–Trinajstić information content (AvgIpc) is 3.10. The summed E-state index contributed by atoms with van der Waals surface area (Å²) in [5, 5.41) is 0. The number of hydrogen-bond acceptors (Lipinski definition) is 3. The SMILES string of the molecule is COc1ccc(-c2nc3ccccc3n2OCc2cccc(C(F)(F)F)c2)cc1. The van der Waals surface area contributed by atoms with Gasteiger partial charge in [-0.1, -0.05) is 24.3 Å². The topological polar surface area (TPSA) is 36.3 Å². The van der Waals surface area contributed by atoms with Crippen LogP contribution in [0, 0.1) is 0 Å². The number of ether oxygens (including phenoxy) is 1. The van der Waals surface area contributed by atoms with Gasteiger partial charge in [0.25, 0.3) is 0 Å². The molecule has 0 radical (unpaired) electrons. The van der Waals surface area contributed by atoms with Crippen LogP contribution in [0.4, 0.5) is 13.2 Å². The van der Waals surface area contributed by atoms with E-state index in [-0.39, 0.29) is 6.61 Å². The molecule has 4 nitrogen and oxygen atoms in total. The van der Waals surface area contributed by atoms with Crippen molar-refractivity contribution in [2.45, 2.75) is 12.8 Å². The monoisotopic (exact) mass is 398 g/mol. The summed E-state index contributed by atoms with van der Waals surface area (Å²) in [5.74, 6) is 1.27. The van der Waals surface area contributed by atoms with Gasteiger partial charge in [-0.05, 0) is 54.1 Å². The van der Waals surface area contributed by atoms with E-state index in [1.54, 1.807) is 17.9 Å². The second-order valence-electron chi connectivity index (χ2n) is 6.42. The summed E-state index contributed by atoms with van der Waals surface area (Å²) in [6, 6.07) is 19.8. The van der Waals surface area contributed by atoms with E-state index in [2.05, 4.69) is 4.98 Å². The number of rotatable bonds is 5. The van der Waals surface area contributed by atoms with Crippen molar-refractivity contribution in [1.82, 2.24) is 9.71 Å². The summed E-state index contributed by atoms with van der Waals surface area (Å²) in [7, 11) is 1.59. The van der Waals surface area contributed by atoms with Gasteiger partial charge in [0.2, 0.25) is 0 Å². The fraction of sp³-hybridized carbons (Fsp3) is 0.136. The molecule has 7 heteroatoms. The van der Waals surface area contributed by atoms with Gasteiger partial charge in [0.15, 0.2) is 5.82 Å². The van der Waals surface area contributed by atoms with Crippen LogP contribution >= 0.6 is 0 Å². The first kappa shape index (κ1) is 18.9. The maximum Gasteiger partial charge on any atom is 0.416 e. The van der Waals surface area contributed by atoms with Crippen LogP contribution in [0.2, 0.25) is 0 Å². The Morgan fingerprint density at radius 2 is 1.69 bits per heavy atom. The Morgan fingerprint density at radius 1 is 0.931 bits per heavy atom. The van der Waals surface area contributed by atoms with Gasteiger partial charge in [0.1, 0.15) is 17.9 Å². The lowest BCUT2D eigenvalue weighted by Crippen LogP contribution is -2.13. The van der Waals surface area contributed by atoms with Crippen LogP contribution in [0.5, 0.6) is 5.75 Å². The van der Waals surface area contributed by atoms with Crippen molar-refractivity contribution in [3.8, 4) is 17.1 Å². The fourth-order valence-corrected chi connectivity index (χ4v) is 3.03. The third kappa shape index (κ3) is 3.89. The minimum atomic E-state index is -4.40. The van der Waals surface area contributed by atoms with Gasteiger partial charge in [-0.2, -0.15) is 17.9 Å². The molecule has 0 saturated carbocycles. The predicted molar refractivity (Wildman–Crippen MR) is 103 cm³/mol. The number of imidazole rings is 1. The zero-order chi connectivity index (χ0) is 20.4. The summed E-state index contributed by atoms with van der Waals surface area (Å²) < 4.78 is 45.7. The lowest BCUT2D eigenvalue weighted by molar-refractivity contribution is -0.137. The molecule has 4 rings (SSSR count). The average molecular weight is 398 g/mol. The van der Waals surface area contributed by atoms with Gasteiger partial charge in [0.05, 0.1) is 18.2 Å². The predicted octanol–water partition coefficient (Wildman–Crippen LogP) is 5.36. The van der Waals surface area contributed by atoms with Gasteiger partial charge in [0, 0.05) is 5.56 Å². The smallest absolute Gasteiger partial charge is 0.416 e. The maximum atomic E-state index is 13.0. The second kappa shape index (κ2) is 7.50. The Kier molecular flexibility index (Phi) is 4.88. The molecule has 0 amide bonds. The normalized spacial score (nSPS) is 11.6. The third-order valence-electron chi connectivity index (χ3n) is 4.48. The second-order valence-corrected chi connectivity index (χ2v) is 6.42. The molecule has 0 aliphatic heterocycles. The third-order valence-corrected chi connectivity index (χ3v) is 4.48. The Balaban J connectivity index is 1.69. The van der Waals surface area contributed by atoms with Crippen LogP contribution in [-0.2, 0) is 12.8 Å². The Labute approximate surface area is 165 Å². The largest absolute Gasteiger partial charge is 0.497 e. The highest BCUT2D eigenvalue weighted by Crippen LogP contribution is 2.30. The van der Waals surface area contributed by atoms with Gasteiger partial charge >= 0.3 is 6.18 Å². The summed E-state index contributed by atoms with van der Waals surface area (Å²) in [6.07, 6.45) is -4.40. The van der Waals surface area contributed by atoms with E-state index in [9.17, 15) is 13.2 Å². The Morgan fingerprint density at radius 3 is 2.41 bits per heavy atom. The molecule has 0 unspecified atom stereocenters. The Hall–Kier alpha value is -3.48. The molecule has 0 atom stereocenters. The van der Waals surface area contributed by atoms with Gasteiger partial charge in [-0.15, -0.1) is 0 Å². The van der Waals surface area contributed by atoms with Crippen LogP contribution in [0.3, 0.4) is 0 Å². The minimum absolute atomic E-state index is 0.0343. The van der Waals surface area contributed by atoms with Crippen LogP contribution < -0.4 is 9.57 Å². The fourth-order valence-electron chi connectivity index (χ4n) is 3.03. The Bertz CT molecular complexity index is 1130. The molecular weight excluding hydrogens is 381 g/mol. The summed E-state index contributed by atoms with van der Waals surface area (Å²) in [6.45, 7) is -0.0343. The number of alkyl halides is 3. The molecule has 0 spiro atoms. The number of fused-ring (bicyclic) bond motifs is 1. The number of benzene rings is 3. The quantitative estimate of drug-likeness (QED) is 0.454. The van der Waals surface area contributed by atoms with Crippen molar-refractivity contribution in [1.29, 1.82) is 0 Å². The van der Waals surface area contributed by atoms with E-state index in [1.807, 2.05) is 48.5 Å². The van der Waals surface area contributed by atoms with E-state index in [4.69, 9.17) is 9.57 Å². The molecule has 1 heterocycles. The van der Waals surface area contributed by atoms with E-state index >= 15 is 0 Å². The van der Waals surface area contributed by atoms with E-state index in [0.29, 0.717) is 17.1 Å². The van der Waals surface area contributed by atoms with E-state index in [1.165, 1.54) is 6.07 Å².